The predicted octanol–water partition coefficient (Wildman–Crippen LogP) is 5.00. The second-order valence-corrected chi connectivity index (χ2v) is 7.54. The average Bonchev–Trinajstić information content (AvgIpc) is 2.67. The van der Waals surface area contributed by atoms with Gasteiger partial charge in [0.2, 0.25) is 0 Å². The molecule has 0 aromatic heterocycles. The van der Waals surface area contributed by atoms with E-state index >= 15 is 0 Å². The highest BCUT2D eigenvalue weighted by atomic mass is 16.5. The summed E-state index contributed by atoms with van der Waals surface area (Å²) in [5, 5.41) is 3.09. The Bertz CT molecular complexity index is 713. The Morgan fingerprint density at radius 2 is 1.96 bits per heavy atom. The maximum absolute atomic E-state index is 12.2. The molecule has 3 heteroatoms. The van der Waals surface area contributed by atoms with Crippen LogP contribution in [-0.4, -0.2) is 18.6 Å². The summed E-state index contributed by atoms with van der Waals surface area (Å²) in [7, 11) is 0. The molecule has 0 spiro atoms. The molecule has 0 heterocycles. The van der Waals surface area contributed by atoms with Crippen LogP contribution in [0.2, 0.25) is 0 Å². The van der Waals surface area contributed by atoms with E-state index in [1.807, 2.05) is 42.5 Å². The molecular formula is C23H29NO2. The smallest absolute Gasteiger partial charge is 0.251 e. The molecule has 1 N–H and O–H groups in total. The van der Waals surface area contributed by atoms with Crippen molar-refractivity contribution in [3.8, 4) is 5.75 Å². The number of nitrogens with one attached hydrogen (secondary N) is 1. The Kier molecular flexibility index (Phi) is 6.32. The van der Waals surface area contributed by atoms with Crippen LogP contribution in [0.3, 0.4) is 0 Å². The number of carbonyl (C=O) groups is 1. The maximum atomic E-state index is 12.2. The molecule has 1 saturated carbocycles. The lowest BCUT2D eigenvalue weighted by Crippen LogP contribution is -2.35. The van der Waals surface area contributed by atoms with E-state index in [1.54, 1.807) is 0 Å². The molecule has 3 unspecified atom stereocenters. The maximum Gasteiger partial charge on any atom is 0.251 e. The first-order valence-corrected chi connectivity index (χ1v) is 9.68. The Morgan fingerprint density at radius 3 is 2.73 bits per heavy atom. The van der Waals surface area contributed by atoms with E-state index < -0.39 is 0 Å². The number of amides is 1. The van der Waals surface area contributed by atoms with Crippen molar-refractivity contribution in [2.24, 2.45) is 11.8 Å². The van der Waals surface area contributed by atoms with Gasteiger partial charge >= 0.3 is 0 Å². The third kappa shape index (κ3) is 5.10. The first-order chi connectivity index (χ1) is 12.6. The fourth-order valence-corrected chi connectivity index (χ4v) is 3.80. The van der Waals surface area contributed by atoms with Crippen molar-refractivity contribution in [2.45, 2.75) is 45.6 Å². The average molecular weight is 351 g/mol. The molecule has 0 radical (unpaired) electrons. The second kappa shape index (κ2) is 8.88. The quantitative estimate of drug-likeness (QED) is 0.795. The first kappa shape index (κ1) is 18.5. The van der Waals surface area contributed by atoms with Crippen LogP contribution >= 0.6 is 0 Å². The van der Waals surface area contributed by atoms with E-state index in [1.165, 1.54) is 18.4 Å². The summed E-state index contributed by atoms with van der Waals surface area (Å²) in [5.74, 6) is 2.03. The number of hydrogen-bond donors (Lipinski definition) is 1. The van der Waals surface area contributed by atoms with Crippen molar-refractivity contribution >= 4 is 5.91 Å². The van der Waals surface area contributed by atoms with Crippen molar-refractivity contribution in [3.05, 3.63) is 65.7 Å². The lowest BCUT2D eigenvalue weighted by atomic mass is 9.79. The van der Waals surface area contributed by atoms with Crippen LogP contribution in [0.1, 0.15) is 48.5 Å². The van der Waals surface area contributed by atoms with Crippen molar-refractivity contribution in [1.29, 1.82) is 0 Å². The fraction of sp³-hybridized carbons (Fsp3) is 0.435. The summed E-state index contributed by atoms with van der Waals surface area (Å²) in [6.07, 6.45) is 4.88. The van der Waals surface area contributed by atoms with Crippen LogP contribution in [0.5, 0.6) is 5.75 Å². The van der Waals surface area contributed by atoms with Crippen LogP contribution < -0.4 is 10.1 Å². The lowest BCUT2D eigenvalue weighted by Gasteiger charge is -2.33. The molecule has 0 saturated heterocycles. The number of carbonyl (C=O) groups excluding carboxylic acids is 1. The second-order valence-electron chi connectivity index (χ2n) is 7.54. The van der Waals surface area contributed by atoms with Gasteiger partial charge in [-0.3, -0.25) is 4.79 Å². The Balaban J connectivity index is 1.49. The summed E-state index contributed by atoms with van der Waals surface area (Å²) >= 11 is 0. The number of benzene rings is 2. The monoisotopic (exact) mass is 351 g/mol. The molecule has 1 aliphatic carbocycles. The highest BCUT2D eigenvalue weighted by Crippen LogP contribution is 2.32. The highest BCUT2D eigenvalue weighted by molar-refractivity contribution is 5.94. The van der Waals surface area contributed by atoms with Crippen molar-refractivity contribution < 1.29 is 9.53 Å². The van der Waals surface area contributed by atoms with Crippen LogP contribution in [0.25, 0.3) is 0 Å². The van der Waals surface area contributed by atoms with E-state index in [9.17, 15) is 4.79 Å². The predicted molar refractivity (Wildman–Crippen MR) is 105 cm³/mol. The van der Waals surface area contributed by atoms with Crippen molar-refractivity contribution in [2.75, 3.05) is 6.54 Å². The fourth-order valence-electron chi connectivity index (χ4n) is 3.80. The molecular weight excluding hydrogens is 322 g/mol. The Morgan fingerprint density at radius 1 is 1.15 bits per heavy atom. The van der Waals surface area contributed by atoms with Gasteiger partial charge in [-0.15, -0.1) is 0 Å². The zero-order valence-electron chi connectivity index (χ0n) is 15.8. The summed E-state index contributed by atoms with van der Waals surface area (Å²) in [6, 6.07) is 17.7. The zero-order valence-corrected chi connectivity index (χ0v) is 15.8. The minimum Gasteiger partial charge on any atom is -0.490 e. The molecule has 1 aliphatic rings. The van der Waals surface area contributed by atoms with Gasteiger partial charge in [0.1, 0.15) is 5.75 Å². The summed E-state index contributed by atoms with van der Waals surface area (Å²) in [4.78, 5) is 12.2. The van der Waals surface area contributed by atoms with Gasteiger partial charge in [-0.05, 0) is 74.3 Å². The molecule has 0 bridgehead atoms. The first-order valence-electron chi connectivity index (χ1n) is 9.68. The molecule has 1 amide bonds. The standard InChI is InChI=1S/C23H29NO2/c1-17-8-6-12-21(14-17)26-22-13-7-11-20(15-22)18(2)16-24-23(25)19-9-4-3-5-10-19/h3-6,8-10,12,14,18,20,22H,7,11,13,15-16H2,1-2H3,(H,24,25). The van der Waals surface area contributed by atoms with Gasteiger partial charge in [0.05, 0.1) is 6.10 Å². The highest BCUT2D eigenvalue weighted by Gasteiger charge is 2.27. The third-order valence-electron chi connectivity index (χ3n) is 5.38. The number of hydrogen-bond acceptors (Lipinski definition) is 2. The SMILES string of the molecule is Cc1cccc(OC2CCCC(C(C)CNC(=O)c3ccccc3)C2)c1. The van der Waals surface area contributed by atoms with E-state index in [0.29, 0.717) is 11.8 Å². The van der Waals surface area contributed by atoms with E-state index in [0.717, 1.165) is 30.7 Å². The molecule has 3 atom stereocenters. The molecule has 138 valence electrons. The van der Waals surface area contributed by atoms with Crippen LogP contribution in [0, 0.1) is 18.8 Å². The molecule has 0 aliphatic heterocycles. The molecule has 2 aromatic rings. The van der Waals surface area contributed by atoms with Gasteiger partial charge in [0.15, 0.2) is 0 Å². The minimum atomic E-state index is 0.0146. The van der Waals surface area contributed by atoms with Gasteiger partial charge < -0.3 is 10.1 Å². The zero-order chi connectivity index (χ0) is 18.4. The van der Waals surface area contributed by atoms with Gasteiger partial charge in [-0.25, -0.2) is 0 Å². The number of aryl methyl sites for hydroxylation is 1. The summed E-state index contributed by atoms with van der Waals surface area (Å²) < 4.78 is 6.22. The number of ether oxygens (including phenoxy) is 1. The largest absolute Gasteiger partial charge is 0.490 e. The molecule has 1 fully saturated rings. The topological polar surface area (TPSA) is 38.3 Å². The summed E-state index contributed by atoms with van der Waals surface area (Å²) in [5.41, 5.74) is 1.95. The third-order valence-corrected chi connectivity index (χ3v) is 5.38. The van der Waals surface area contributed by atoms with E-state index in [-0.39, 0.29) is 12.0 Å². The van der Waals surface area contributed by atoms with E-state index in [4.69, 9.17) is 4.74 Å². The summed E-state index contributed by atoms with van der Waals surface area (Å²) in [6.45, 7) is 5.05. The molecule has 3 rings (SSSR count). The Labute approximate surface area is 156 Å². The molecule has 26 heavy (non-hydrogen) atoms. The molecule has 3 nitrogen and oxygen atoms in total. The van der Waals surface area contributed by atoms with Crippen LogP contribution in [0.4, 0.5) is 0 Å². The Hall–Kier alpha value is -2.29. The van der Waals surface area contributed by atoms with Gasteiger partial charge in [-0.1, -0.05) is 37.3 Å². The normalized spacial score (nSPS) is 21.0. The van der Waals surface area contributed by atoms with Crippen LogP contribution in [0.15, 0.2) is 54.6 Å². The molecule has 2 aromatic carbocycles. The van der Waals surface area contributed by atoms with Gasteiger partial charge in [-0.2, -0.15) is 0 Å². The lowest BCUT2D eigenvalue weighted by molar-refractivity contribution is 0.0896. The van der Waals surface area contributed by atoms with Crippen molar-refractivity contribution in [1.82, 2.24) is 5.32 Å². The van der Waals surface area contributed by atoms with Crippen molar-refractivity contribution in [3.63, 3.8) is 0 Å². The number of rotatable bonds is 6. The minimum absolute atomic E-state index is 0.0146. The van der Waals surface area contributed by atoms with Gasteiger partial charge in [0, 0.05) is 12.1 Å². The van der Waals surface area contributed by atoms with Gasteiger partial charge in [0.25, 0.3) is 5.91 Å². The van der Waals surface area contributed by atoms with Crippen LogP contribution in [-0.2, 0) is 0 Å². The van der Waals surface area contributed by atoms with E-state index in [2.05, 4.69) is 31.3 Å².